The Hall–Kier alpha value is -0.620. The fourth-order valence-electron chi connectivity index (χ4n) is 1.90. The number of amides is 1. The molecule has 1 atom stereocenters. The number of hydrogen-bond donors (Lipinski definition) is 2. The Morgan fingerprint density at radius 3 is 2.56 bits per heavy atom. The molecule has 0 bridgehead atoms. The number of rotatable bonds is 5. The zero-order valence-electron chi connectivity index (χ0n) is 9.24. The van der Waals surface area contributed by atoms with Crippen LogP contribution in [-0.4, -0.2) is 44.5 Å². The van der Waals surface area contributed by atoms with Crippen molar-refractivity contribution in [2.75, 3.05) is 18.8 Å². The highest BCUT2D eigenvalue weighted by Gasteiger charge is 2.31. The van der Waals surface area contributed by atoms with Crippen molar-refractivity contribution >= 4 is 15.7 Å². The molecule has 1 unspecified atom stereocenters. The van der Waals surface area contributed by atoms with Gasteiger partial charge < -0.3 is 10.6 Å². The maximum absolute atomic E-state index is 11.5. The minimum Gasteiger partial charge on any atom is -0.354 e. The minimum atomic E-state index is -2.94. The number of sulfone groups is 1. The molecule has 2 aliphatic rings. The fourth-order valence-corrected chi connectivity index (χ4v) is 3.67. The van der Waals surface area contributed by atoms with Crippen LogP contribution in [0.25, 0.3) is 0 Å². The van der Waals surface area contributed by atoms with Crippen LogP contribution in [0, 0.1) is 0 Å². The van der Waals surface area contributed by atoms with Crippen LogP contribution in [0.5, 0.6) is 0 Å². The quantitative estimate of drug-likeness (QED) is 0.681. The molecular formula is C10H18N2O3S. The van der Waals surface area contributed by atoms with E-state index in [4.69, 9.17) is 0 Å². The molecule has 92 valence electrons. The van der Waals surface area contributed by atoms with Gasteiger partial charge in [-0.25, -0.2) is 8.42 Å². The monoisotopic (exact) mass is 246 g/mol. The van der Waals surface area contributed by atoms with Crippen LogP contribution in [0.1, 0.15) is 25.7 Å². The van der Waals surface area contributed by atoms with Crippen molar-refractivity contribution in [2.45, 2.75) is 37.0 Å². The second kappa shape index (κ2) is 4.71. The van der Waals surface area contributed by atoms with Gasteiger partial charge in [0.15, 0.2) is 9.84 Å². The van der Waals surface area contributed by atoms with Gasteiger partial charge in [-0.15, -0.1) is 0 Å². The third-order valence-electron chi connectivity index (χ3n) is 3.12. The fraction of sp³-hybridized carbons (Fsp3) is 0.900. The minimum absolute atomic E-state index is 0.103. The Balaban J connectivity index is 1.67. The maximum Gasteiger partial charge on any atom is 0.234 e. The number of nitrogens with one attached hydrogen (secondary N) is 2. The Morgan fingerprint density at radius 2 is 2.00 bits per heavy atom. The molecule has 1 amide bonds. The van der Waals surface area contributed by atoms with Crippen LogP contribution in [0.15, 0.2) is 0 Å². The van der Waals surface area contributed by atoms with E-state index in [1.165, 1.54) is 0 Å². The van der Waals surface area contributed by atoms with E-state index >= 15 is 0 Å². The largest absolute Gasteiger partial charge is 0.354 e. The summed E-state index contributed by atoms with van der Waals surface area (Å²) < 4.78 is 23.0. The first-order valence-electron chi connectivity index (χ1n) is 5.79. The number of hydrogen-bond acceptors (Lipinski definition) is 4. The van der Waals surface area contributed by atoms with Crippen LogP contribution >= 0.6 is 0 Å². The summed E-state index contributed by atoms with van der Waals surface area (Å²) in [7, 11) is -2.94. The van der Waals surface area contributed by atoms with E-state index in [0.29, 0.717) is 19.0 Å². The molecule has 16 heavy (non-hydrogen) atoms. The van der Waals surface area contributed by atoms with Gasteiger partial charge in [0.2, 0.25) is 5.91 Å². The molecule has 2 N–H and O–H groups in total. The molecule has 0 aromatic heterocycles. The summed E-state index contributed by atoms with van der Waals surface area (Å²) in [6, 6.07) is 0.501. The van der Waals surface area contributed by atoms with Crippen LogP contribution in [0.2, 0.25) is 0 Å². The molecule has 0 aromatic rings. The van der Waals surface area contributed by atoms with E-state index in [0.717, 1.165) is 19.3 Å². The summed E-state index contributed by atoms with van der Waals surface area (Å²) in [4.78, 5) is 11.4. The Labute approximate surface area is 95.9 Å². The van der Waals surface area contributed by atoms with E-state index in [2.05, 4.69) is 10.6 Å². The van der Waals surface area contributed by atoms with Crippen LogP contribution < -0.4 is 10.6 Å². The second-order valence-corrected chi connectivity index (χ2v) is 6.99. The van der Waals surface area contributed by atoms with E-state index in [-0.39, 0.29) is 23.5 Å². The Kier molecular flexibility index (Phi) is 3.49. The highest BCUT2D eigenvalue weighted by Crippen LogP contribution is 2.19. The van der Waals surface area contributed by atoms with E-state index < -0.39 is 9.84 Å². The molecule has 1 heterocycles. The predicted molar refractivity (Wildman–Crippen MR) is 60.8 cm³/mol. The average Bonchev–Trinajstić information content (AvgIpc) is 2.98. The molecular weight excluding hydrogens is 228 g/mol. The normalized spacial score (nSPS) is 27.9. The highest BCUT2D eigenvalue weighted by atomic mass is 32.2. The molecule has 0 aromatic carbocycles. The molecule has 1 saturated heterocycles. The number of carbonyl (C=O) groups is 1. The molecule has 1 aliphatic carbocycles. The SMILES string of the molecule is O=C(CNC1CC1)NCC1CCCS1(=O)=O. The number of carbonyl (C=O) groups excluding carboxylic acids is 1. The Morgan fingerprint density at radius 1 is 1.25 bits per heavy atom. The lowest BCUT2D eigenvalue weighted by Gasteiger charge is -2.10. The summed E-state index contributed by atoms with van der Waals surface area (Å²) >= 11 is 0. The van der Waals surface area contributed by atoms with Crippen molar-refractivity contribution in [3.8, 4) is 0 Å². The smallest absolute Gasteiger partial charge is 0.234 e. The lowest BCUT2D eigenvalue weighted by Crippen LogP contribution is -2.39. The molecule has 1 aliphatic heterocycles. The second-order valence-electron chi connectivity index (χ2n) is 4.59. The highest BCUT2D eigenvalue weighted by molar-refractivity contribution is 7.92. The summed E-state index contributed by atoms with van der Waals surface area (Å²) in [6.07, 6.45) is 3.69. The standard InChI is InChI=1S/C10H18N2O3S/c13-10(7-11-8-3-4-8)12-6-9-2-1-5-16(9,14)15/h8-9,11H,1-7H2,(H,12,13). The molecule has 6 heteroatoms. The zero-order chi connectivity index (χ0) is 11.6. The van der Waals surface area contributed by atoms with Gasteiger partial charge in [0.25, 0.3) is 0 Å². The molecule has 0 radical (unpaired) electrons. The summed E-state index contributed by atoms with van der Waals surface area (Å²) in [5.41, 5.74) is 0. The Bertz CT molecular complexity index is 362. The molecule has 5 nitrogen and oxygen atoms in total. The third-order valence-corrected chi connectivity index (χ3v) is 5.39. The first-order valence-corrected chi connectivity index (χ1v) is 7.51. The van der Waals surface area contributed by atoms with Crippen molar-refractivity contribution in [2.24, 2.45) is 0 Å². The van der Waals surface area contributed by atoms with Crippen molar-refractivity contribution < 1.29 is 13.2 Å². The van der Waals surface area contributed by atoms with Crippen molar-refractivity contribution in [1.82, 2.24) is 10.6 Å². The van der Waals surface area contributed by atoms with Crippen LogP contribution in [0.3, 0.4) is 0 Å². The van der Waals surface area contributed by atoms with Crippen molar-refractivity contribution in [3.05, 3.63) is 0 Å². The van der Waals surface area contributed by atoms with E-state index in [1.807, 2.05) is 0 Å². The van der Waals surface area contributed by atoms with Crippen molar-refractivity contribution in [3.63, 3.8) is 0 Å². The lowest BCUT2D eigenvalue weighted by molar-refractivity contribution is -0.120. The van der Waals surface area contributed by atoms with E-state index in [9.17, 15) is 13.2 Å². The van der Waals surface area contributed by atoms with Crippen molar-refractivity contribution in [1.29, 1.82) is 0 Å². The van der Waals surface area contributed by atoms with Gasteiger partial charge in [-0.3, -0.25) is 4.79 Å². The van der Waals surface area contributed by atoms with Gasteiger partial charge in [0.05, 0.1) is 17.5 Å². The average molecular weight is 246 g/mol. The topological polar surface area (TPSA) is 75.3 Å². The van der Waals surface area contributed by atoms with Gasteiger partial charge in [0.1, 0.15) is 0 Å². The molecule has 0 spiro atoms. The lowest BCUT2D eigenvalue weighted by atomic mass is 10.2. The van der Waals surface area contributed by atoms with Gasteiger partial charge in [-0.1, -0.05) is 0 Å². The van der Waals surface area contributed by atoms with Gasteiger partial charge in [0, 0.05) is 12.6 Å². The first kappa shape index (κ1) is 11.9. The maximum atomic E-state index is 11.5. The first-order chi connectivity index (χ1) is 7.58. The third kappa shape index (κ3) is 3.18. The zero-order valence-corrected chi connectivity index (χ0v) is 10.1. The summed E-state index contributed by atoms with van der Waals surface area (Å²) in [6.45, 7) is 0.574. The van der Waals surface area contributed by atoms with Gasteiger partial charge >= 0.3 is 0 Å². The van der Waals surface area contributed by atoms with Crippen LogP contribution in [-0.2, 0) is 14.6 Å². The molecule has 2 rings (SSSR count). The summed E-state index contributed by atoms with van der Waals surface area (Å²) in [5.74, 6) is 0.169. The summed E-state index contributed by atoms with van der Waals surface area (Å²) in [5, 5.41) is 5.41. The van der Waals surface area contributed by atoms with E-state index in [1.54, 1.807) is 0 Å². The van der Waals surface area contributed by atoms with Gasteiger partial charge in [-0.05, 0) is 25.7 Å². The molecule has 2 fully saturated rings. The van der Waals surface area contributed by atoms with Crippen LogP contribution in [0.4, 0.5) is 0 Å². The predicted octanol–water partition coefficient (Wildman–Crippen LogP) is -0.568. The van der Waals surface area contributed by atoms with Gasteiger partial charge in [-0.2, -0.15) is 0 Å². The molecule has 1 saturated carbocycles.